The van der Waals surface area contributed by atoms with Gasteiger partial charge in [-0.3, -0.25) is 4.99 Å². The summed E-state index contributed by atoms with van der Waals surface area (Å²) in [6.07, 6.45) is 3.53. The number of rotatable bonds is 8. The van der Waals surface area contributed by atoms with Crippen molar-refractivity contribution in [1.82, 2.24) is 15.6 Å². The number of aromatic nitrogens is 1. The highest BCUT2D eigenvalue weighted by molar-refractivity contribution is 6.29. The summed E-state index contributed by atoms with van der Waals surface area (Å²) in [4.78, 5) is 8.33. The third kappa shape index (κ3) is 6.63. The molecule has 25 heavy (non-hydrogen) atoms. The first-order valence-electron chi connectivity index (χ1n) is 8.48. The van der Waals surface area contributed by atoms with Gasteiger partial charge in [0.15, 0.2) is 5.96 Å². The molecule has 0 atom stereocenters. The zero-order valence-electron chi connectivity index (χ0n) is 14.8. The van der Waals surface area contributed by atoms with Crippen LogP contribution in [0.1, 0.15) is 18.1 Å². The number of guanidine groups is 1. The number of halogens is 1. The molecule has 0 fully saturated rings. The molecule has 0 aliphatic carbocycles. The largest absolute Gasteiger partial charge is 0.494 e. The smallest absolute Gasteiger partial charge is 0.190 e. The quantitative estimate of drug-likeness (QED) is 0.431. The second kappa shape index (κ2) is 10.6. The number of aliphatic imine (C=N–C) groups is 1. The minimum Gasteiger partial charge on any atom is -0.494 e. The van der Waals surface area contributed by atoms with E-state index in [0.717, 1.165) is 43.2 Å². The summed E-state index contributed by atoms with van der Waals surface area (Å²) in [5, 5.41) is 7.15. The summed E-state index contributed by atoms with van der Waals surface area (Å²) in [5.74, 6) is 1.74. The molecule has 6 heteroatoms. The van der Waals surface area contributed by atoms with Crippen LogP contribution in [0.3, 0.4) is 0 Å². The Kier molecular flexibility index (Phi) is 8.05. The minimum atomic E-state index is 0.515. The highest BCUT2D eigenvalue weighted by atomic mass is 35.5. The van der Waals surface area contributed by atoms with Gasteiger partial charge in [0, 0.05) is 26.3 Å². The summed E-state index contributed by atoms with van der Waals surface area (Å²) in [5.41, 5.74) is 2.33. The molecule has 0 bridgehead atoms. The van der Waals surface area contributed by atoms with E-state index in [1.165, 1.54) is 5.56 Å². The average Bonchev–Trinajstić information content (AvgIpc) is 2.63. The molecule has 0 aliphatic heterocycles. The zero-order valence-corrected chi connectivity index (χ0v) is 15.5. The Balaban J connectivity index is 1.74. The van der Waals surface area contributed by atoms with Crippen molar-refractivity contribution in [3.8, 4) is 5.75 Å². The maximum atomic E-state index is 5.79. The highest BCUT2D eigenvalue weighted by Gasteiger charge is 2.03. The minimum absolute atomic E-state index is 0.515. The third-order valence-electron chi connectivity index (χ3n) is 3.68. The van der Waals surface area contributed by atoms with E-state index in [1.54, 1.807) is 19.3 Å². The van der Waals surface area contributed by atoms with E-state index in [9.17, 15) is 0 Å². The van der Waals surface area contributed by atoms with Crippen molar-refractivity contribution in [2.75, 3.05) is 26.7 Å². The number of ether oxygens (including phenoxy) is 1. The Labute approximate surface area is 154 Å². The summed E-state index contributed by atoms with van der Waals surface area (Å²) >= 11 is 5.79. The molecule has 2 N–H and O–H groups in total. The molecular formula is C19H25ClN4O. The first-order chi connectivity index (χ1) is 12.2. The van der Waals surface area contributed by atoms with Gasteiger partial charge in [0.25, 0.3) is 0 Å². The van der Waals surface area contributed by atoms with Crippen molar-refractivity contribution >= 4 is 17.6 Å². The predicted molar refractivity (Wildman–Crippen MR) is 104 cm³/mol. The Bertz CT molecular complexity index is 673. The topological polar surface area (TPSA) is 58.5 Å². The van der Waals surface area contributed by atoms with E-state index < -0.39 is 0 Å². The van der Waals surface area contributed by atoms with Gasteiger partial charge in [-0.25, -0.2) is 4.98 Å². The first-order valence-corrected chi connectivity index (χ1v) is 8.86. The Hall–Kier alpha value is -2.27. The average molecular weight is 361 g/mol. The second-order valence-electron chi connectivity index (χ2n) is 5.46. The van der Waals surface area contributed by atoms with Crippen LogP contribution < -0.4 is 15.4 Å². The molecule has 0 radical (unpaired) electrons. The number of hydrogen-bond acceptors (Lipinski definition) is 3. The first kappa shape index (κ1) is 19.1. The van der Waals surface area contributed by atoms with Crippen molar-refractivity contribution in [2.45, 2.75) is 19.8 Å². The van der Waals surface area contributed by atoms with Crippen LogP contribution >= 0.6 is 11.6 Å². The van der Waals surface area contributed by atoms with Gasteiger partial charge in [0.2, 0.25) is 0 Å². The molecule has 0 unspecified atom stereocenters. The van der Waals surface area contributed by atoms with Crippen molar-refractivity contribution < 1.29 is 4.74 Å². The maximum absolute atomic E-state index is 5.79. The normalized spacial score (nSPS) is 11.2. The van der Waals surface area contributed by atoms with Gasteiger partial charge in [-0.1, -0.05) is 35.9 Å². The van der Waals surface area contributed by atoms with Crippen LogP contribution in [0.5, 0.6) is 5.75 Å². The molecule has 2 rings (SSSR count). The predicted octanol–water partition coefficient (Wildman–Crippen LogP) is 3.08. The van der Waals surface area contributed by atoms with Gasteiger partial charge in [-0.2, -0.15) is 0 Å². The van der Waals surface area contributed by atoms with Crippen LogP contribution in [0.2, 0.25) is 5.15 Å². The Morgan fingerprint density at radius 1 is 1.12 bits per heavy atom. The summed E-state index contributed by atoms with van der Waals surface area (Å²) in [6, 6.07) is 11.9. The van der Waals surface area contributed by atoms with E-state index in [0.29, 0.717) is 11.8 Å². The lowest BCUT2D eigenvalue weighted by Crippen LogP contribution is -2.39. The van der Waals surface area contributed by atoms with Gasteiger partial charge in [0.05, 0.1) is 6.61 Å². The molecule has 5 nitrogen and oxygen atoms in total. The number of pyridine rings is 1. The molecule has 0 spiro atoms. The Morgan fingerprint density at radius 3 is 2.56 bits per heavy atom. The number of hydrogen-bond donors (Lipinski definition) is 2. The molecule has 1 aromatic heterocycles. The Morgan fingerprint density at radius 2 is 1.88 bits per heavy atom. The number of para-hydroxylation sites is 1. The standard InChI is InChI=1S/C19H25ClN4O/c1-3-25-17-7-5-4-6-16(17)11-13-23-19(21-2)22-12-10-15-8-9-18(20)24-14-15/h4-9,14H,3,10-13H2,1-2H3,(H2,21,22,23). The van der Waals surface area contributed by atoms with E-state index in [2.05, 4.69) is 26.7 Å². The number of nitrogens with one attached hydrogen (secondary N) is 2. The fraction of sp³-hybridized carbons (Fsp3) is 0.368. The zero-order chi connectivity index (χ0) is 17.9. The van der Waals surface area contributed by atoms with Crippen LogP contribution in [-0.4, -0.2) is 37.7 Å². The van der Waals surface area contributed by atoms with Gasteiger partial charge in [0.1, 0.15) is 10.9 Å². The van der Waals surface area contributed by atoms with E-state index in [1.807, 2.05) is 31.2 Å². The van der Waals surface area contributed by atoms with Crippen LogP contribution in [0.25, 0.3) is 0 Å². The van der Waals surface area contributed by atoms with Crippen molar-refractivity contribution in [3.05, 3.63) is 58.9 Å². The van der Waals surface area contributed by atoms with Crippen molar-refractivity contribution in [1.29, 1.82) is 0 Å². The van der Waals surface area contributed by atoms with Crippen molar-refractivity contribution in [2.24, 2.45) is 4.99 Å². The number of benzene rings is 1. The second-order valence-corrected chi connectivity index (χ2v) is 5.84. The molecule has 134 valence electrons. The highest BCUT2D eigenvalue weighted by Crippen LogP contribution is 2.17. The van der Waals surface area contributed by atoms with Crippen molar-refractivity contribution in [3.63, 3.8) is 0 Å². The lowest BCUT2D eigenvalue weighted by atomic mass is 10.1. The maximum Gasteiger partial charge on any atom is 0.190 e. The van der Waals surface area contributed by atoms with Crippen LogP contribution in [-0.2, 0) is 12.8 Å². The molecule has 1 aromatic carbocycles. The lowest BCUT2D eigenvalue weighted by Gasteiger charge is -2.13. The summed E-state index contributed by atoms with van der Waals surface area (Å²) < 4.78 is 5.65. The van der Waals surface area contributed by atoms with Crippen LogP contribution in [0, 0.1) is 0 Å². The van der Waals surface area contributed by atoms with Gasteiger partial charge in [-0.05, 0) is 43.0 Å². The molecule has 0 amide bonds. The molecular weight excluding hydrogens is 336 g/mol. The van der Waals surface area contributed by atoms with Gasteiger partial charge in [-0.15, -0.1) is 0 Å². The van der Waals surface area contributed by atoms with Gasteiger partial charge >= 0.3 is 0 Å². The summed E-state index contributed by atoms with van der Waals surface area (Å²) in [6.45, 7) is 4.23. The third-order valence-corrected chi connectivity index (χ3v) is 3.90. The fourth-order valence-electron chi connectivity index (χ4n) is 2.42. The fourth-order valence-corrected chi connectivity index (χ4v) is 2.53. The monoisotopic (exact) mass is 360 g/mol. The van der Waals surface area contributed by atoms with Gasteiger partial charge < -0.3 is 15.4 Å². The molecule has 1 heterocycles. The summed E-state index contributed by atoms with van der Waals surface area (Å²) in [7, 11) is 1.77. The molecule has 0 aliphatic rings. The van der Waals surface area contributed by atoms with E-state index in [4.69, 9.17) is 16.3 Å². The molecule has 2 aromatic rings. The van der Waals surface area contributed by atoms with Crippen LogP contribution in [0.15, 0.2) is 47.6 Å². The molecule has 0 saturated heterocycles. The lowest BCUT2D eigenvalue weighted by molar-refractivity contribution is 0.336. The molecule has 0 saturated carbocycles. The van der Waals surface area contributed by atoms with Crippen LogP contribution in [0.4, 0.5) is 0 Å². The number of nitrogens with zero attached hydrogens (tertiary/aromatic N) is 2. The van der Waals surface area contributed by atoms with E-state index in [-0.39, 0.29) is 0 Å². The van der Waals surface area contributed by atoms with E-state index >= 15 is 0 Å². The SMILES string of the molecule is CCOc1ccccc1CCNC(=NC)NCCc1ccc(Cl)nc1.